The number of unbranched alkanes of at least 4 members (excludes halogenated alkanes) is 27. The third-order valence-corrected chi connectivity index (χ3v) is 11.1. The molecule has 0 aliphatic heterocycles. The maximum Gasteiger partial charge on any atom is 0.306 e. The number of ether oxygens (including phenoxy) is 3. The molecule has 0 heterocycles. The first-order chi connectivity index (χ1) is 30.0. The van der Waals surface area contributed by atoms with Crippen molar-refractivity contribution in [3.8, 4) is 0 Å². The maximum absolute atomic E-state index is 12.8. The highest BCUT2D eigenvalue weighted by Gasteiger charge is 2.19. The Bertz CT molecular complexity index is 1120. The van der Waals surface area contributed by atoms with E-state index >= 15 is 0 Å². The highest BCUT2D eigenvalue weighted by Crippen LogP contribution is 2.15. The molecule has 0 amide bonds. The van der Waals surface area contributed by atoms with E-state index in [1.54, 1.807) is 0 Å². The summed E-state index contributed by atoms with van der Waals surface area (Å²) in [6.07, 6.45) is 60.6. The fraction of sp³-hybridized carbons (Fsp3) is 0.764. The number of esters is 3. The molecule has 0 rings (SSSR count). The van der Waals surface area contributed by atoms with Crippen molar-refractivity contribution in [2.75, 3.05) is 13.2 Å². The van der Waals surface area contributed by atoms with Gasteiger partial charge in [-0.05, 0) is 64.2 Å². The highest BCUT2D eigenvalue weighted by atomic mass is 16.6. The maximum atomic E-state index is 12.8. The lowest BCUT2D eigenvalue weighted by Crippen LogP contribution is -2.30. The van der Waals surface area contributed by atoms with Crippen LogP contribution in [0.1, 0.15) is 252 Å². The second kappa shape index (κ2) is 49.8. The first kappa shape index (κ1) is 58.1. The van der Waals surface area contributed by atoms with Gasteiger partial charge in [0.2, 0.25) is 0 Å². The van der Waals surface area contributed by atoms with Crippen LogP contribution >= 0.6 is 0 Å². The van der Waals surface area contributed by atoms with Gasteiger partial charge in [0.1, 0.15) is 13.2 Å². The number of hydrogen-bond acceptors (Lipinski definition) is 6. The van der Waals surface area contributed by atoms with Crippen molar-refractivity contribution < 1.29 is 28.6 Å². The average molecular weight is 853 g/mol. The predicted molar refractivity (Wildman–Crippen MR) is 261 cm³/mol. The van der Waals surface area contributed by atoms with Gasteiger partial charge >= 0.3 is 17.9 Å². The van der Waals surface area contributed by atoms with E-state index in [9.17, 15) is 14.4 Å². The molecule has 0 saturated carbocycles. The third-order valence-electron chi connectivity index (χ3n) is 11.1. The van der Waals surface area contributed by atoms with Gasteiger partial charge in [-0.2, -0.15) is 0 Å². The molecule has 0 aromatic carbocycles. The van der Waals surface area contributed by atoms with Crippen LogP contribution in [0.25, 0.3) is 0 Å². The van der Waals surface area contributed by atoms with E-state index < -0.39 is 6.10 Å². The lowest BCUT2D eigenvalue weighted by Gasteiger charge is -2.18. The number of rotatable bonds is 46. The molecule has 0 aromatic rings. The molecular formula is C55H96O6. The molecule has 0 radical (unpaired) electrons. The van der Waals surface area contributed by atoms with E-state index in [1.165, 1.54) is 122 Å². The van der Waals surface area contributed by atoms with Crippen LogP contribution in [0, 0.1) is 0 Å². The summed E-state index contributed by atoms with van der Waals surface area (Å²) in [6, 6.07) is 0. The summed E-state index contributed by atoms with van der Waals surface area (Å²) in [4.78, 5) is 38.0. The molecule has 352 valence electrons. The minimum absolute atomic E-state index is 0.0795. The Morgan fingerprint density at radius 2 is 0.721 bits per heavy atom. The molecule has 0 aliphatic carbocycles. The smallest absolute Gasteiger partial charge is 0.306 e. The molecule has 0 bridgehead atoms. The Labute approximate surface area is 377 Å². The van der Waals surface area contributed by atoms with Gasteiger partial charge in [0, 0.05) is 19.3 Å². The highest BCUT2D eigenvalue weighted by molar-refractivity contribution is 5.71. The van der Waals surface area contributed by atoms with Gasteiger partial charge in [-0.25, -0.2) is 0 Å². The van der Waals surface area contributed by atoms with E-state index in [4.69, 9.17) is 14.2 Å². The van der Waals surface area contributed by atoms with Gasteiger partial charge in [-0.3, -0.25) is 14.4 Å². The van der Waals surface area contributed by atoms with Crippen LogP contribution in [0.4, 0.5) is 0 Å². The fourth-order valence-corrected chi connectivity index (χ4v) is 7.25. The fourth-order valence-electron chi connectivity index (χ4n) is 7.25. The van der Waals surface area contributed by atoms with Crippen LogP contribution in [-0.2, 0) is 28.6 Å². The van der Waals surface area contributed by atoms with E-state index in [-0.39, 0.29) is 31.1 Å². The van der Waals surface area contributed by atoms with E-state index in [1.807, 2.05) is 0 Å². The van der Waals surface area contributed by atoms with Crippen LogP contribution in [0.15, 0.2) is 60.8 Å². The van der Waals surface area contributed by atoms with Crippen molar-refractivity contribution in [3.05, 3.63) is 60.8 Å². The summed E-state index contributed by atoms with van der Waals surface area (Å²) < 4.78 is 16.8. The normalized spacial score (nSPS) is 12.5. The quantitative estimate of drug-likeness (QED) is 0.0200. The van der Waals surface area contributed by atoms with Gasteiger partial charge in [0.25, 0.3) is 0 Å². The Balaban J connectivity index is 4.39. The molecule has 0 saturated heterocycles. The zero-order valence-corrected chi connectivity index (χ0v) is 40.2. The SMILES string of the molecule is CC\C=C/C=C\C=C/CCCCCCCCCC(=O)OCC(COC(=O)CCCCCCCCCCCCCCCC)OC(=O)CCCCCCCCC/C=C\C/C=C\CC. The van der Waals surface area contributed by atoms with Crippen LogP contribution in [-0.4, -0.2) is 37.2 Å². The van der Waals surface area contributed by atoms with Crippen molar-refractivity contribution in [1.29, 1.82) is 0 Å². The minimum atomic E-state index is -0.780. The lowest BCUT2D eigenvalue weighted by atomic mass is 10.0. The van der Waals surface area contributed by atoms with Crippen LogP contribution in [0.5, 0.6) is 0 Å². The molecule has 0 aliphatic rings. The summed E-state index contributed by atoms with van der Waals surface area (Å²) in [6.45, 7) is 6.40. The molecule has 6 nitrogen and oxygen atoms in total. The second-order valence-electron chi connectivity index (χ2n) is 17.1. The van der Waals surface area contributed by atoms with Crippen LogP contribution in [0.3, 0.4) is 0 Å². The molecule has 0 fully saturated rings. The molecule has 0 aromatic heterocycles. The van der Waals surface area contributed by atoms with Gasteiger partial charge in [0.05, 0.1) is 0 Å². The Kier molecular flexibility index (Phi) is 47.4. The molecule has 6 heteroatoms. The topological polar surface area (TPSA) is 78.9 Å². The minimum Gasteiger partial charge on any atom is -0.462 e. The van der Waals surface area contributed by atoms with Gasteiger partial charge in [0.15, 0.2) is 6.10 Å². The first-order valence-electron chi connectivity index (χ1n) is 25.8. The summed E-state index contributed by atoms with van der Waals surface area (Å²) in [5.74, 6) is -0.895. The van der Waals surface area contributed by atoms with E-state index in [0.717, 1.165) is 89.9 Å². The second-order valence-corrected chi connectivity index (χ2v) is 17.1. The van der Waals surface area contributed by atoms with Crippen molar-refractivity contribution >= 4 is 17.9 Å². The predicted octanol–water partition coefficient (Wildman–Crippen LogP) is 16.9. The van der Waals surface area contributed by atoms with Crippen LogP contribution < -0.4 is 0 Å². The standard InChI is InChI=1S/C55H96O6/c1-4-7-10-13-16-19-22-25-28-31-33-36-39-42-45-48-54(57)60-51-52(61-55(58)49-46-43-40-37-34-30-27-24-21-18-15-12-9-6-3)50-59-53(56)47-44-41-38-35-32-29-26-23-20-17-14-11-8-5-2/h7,9-10,12-13,16,18-19,21-22,52H,4-6,8,11,14-15,17,20,23-51H2,1-3H3/b10-7-,12-9-,16-13-,21-18-,22-19-. The summed E-state index contributed by atoms with van der Waals surface area (Å²) in [7, 11) is 0. The first-order valence-corrected chi connectivity index (χ1v) is 25.8. The van der Waals surface area contributed by atoms with Gasteiger partial charge < -0.3 is 14.2 Å². The number of carbonyl (C=O) groups excluding carboxylic acids is 3. The largest absolute Gasteiger partial charge is 0.462 e. The van der Waals surface area contributed by atoms with Crippen LogP contribution in [0.2, 0.25) is 0 Å². The van der Waals surface area contributed by atoms with Crippen molar-refractivity contribution in [1.82, 2.24) is 0 Å². The van der Waals surface area contributed by atoms with Crippen molar-refractivity contribution in [2.45, 2.75) is 258 Å². The molecule has 61 heavy (non-hydrogen) atoms. The van der Waals surface area contributed by atoms with Crippen molar-refractivity contribution in [3.63, 3.8) is 0 Å². The van der Waals surface area contributed by atoms with Crippen molar-refractivity contribution in [2.24, 2.45) is 0 Å². The van der Waals surface area contributed by atoms with Gasteiger partial charge in [-0.1, -0.05) is 229 Å². The Morgan fingerprint density at radius 1 is 0.361 bits per heavy atom. The number of hydrogen-bond donors (Lipinski definition) is 0. The number of allylic oxidation sites excluding steroid dienone is 10. The Morgan fingerprint density at radius 3 is 1.16 bits per heavy atom. The molecule has 0 spiro atoms. The molecular weight excluding hydrogens is 757 g/mol. The summed E-state index contributed by atoms with van der Waals surface area (Å²) >= 11 is 0. The number of carbonyl (C=O) groups is 3. The molecule has 0 N–H and O–H groups in total. The van der Waals surface area contributed by atoms with E-state index in [0.29, 0.717) is 19.3 Å². The Hall–Kier alpha value is -2.89. The lowest BCUT2D eigenvalue weighted by molar-refractivity contribution is -0.167. The zero-order chi connectivity index (χ0) is 44.4. The average Bonchev–Trinajstić information content (AvgIpc) is 3.26. The summed E-state index contributed by atoms with van der Waals surface area (Å²) in [5.41, 5.74) is 0. The summed E-state index contributed by atoms with van der Waals surface area (Å²) in [5, 5.41) is 0. The molecule has 1 atom stereocenters. The molecule has 1 unspecified atom stereocenters. The monoisotopic (exact) mass is 853 g/mol. The third kappa shape index (κ3) is 48.0. The van der Waals surface area contributed by atoms with E-state index in [2.05, 4.69) is 81.5 Å². The van der Waals surface area contributed by atoms with Gasteiger partial charge in [-0.15, -0.1) is 0 Å². The zero-order valence-electron chi connectivity index (χ0n) is 40.2.